The molecule has 3 heteroatoms. The number of ether oxygens (including phenoxy) is 1. The molecule has 1 aromatic heterocycles. The van der Waals surface area contributed by atoms with Crippen molar-refractivity contribution in [3.8, 4) is 0 Å². The molecule has 2 unspecified atom stereocenters. The van der Waals surface area contributed by atoms with Gasteiger partial charge in [0.2, 0.25) is 0 Å². The quantitative estimate of drug-likeness (QED) is 0.852. The summed E-state index contributed by atoms with van der Waals surface area (Å²) in [6.45, 7) is 9.07. The van der Waals surface area contributed by atoms with Crippen LogP contribution in [-0.4, -0.2) is 19.8 Å². The molecule has 0 amide bonds. The summed E-state index contributed by atoms with van der Waals surface area (Å²) in [5.74, 6) is 2.70. The first-order chi connectivity index (χ1) is 7.66. The molecule has 0 saturated carbocycles. The molecule has 90 valence electrons. The summed E-state index contributed by atoms with van der Waals surface area (Å²) in [5, 5.41) is 3.56. The highest BCUT2D eigenvalue weighted by molar-refractivity contribution is 5.23. The smallest absolute Gasteiger partial charge is 0.105 e. The van der Waals surface area contributed by atoms with Crippen LogP contribution in [0.4, 0.5) is 0 Å². The van der Waals surface area contributed by atoms with Gasteiger partial charge < -0.3 is 14.5 Å². The highest BCUT2D eigenvalue weighted by Gasteiger charge is 2.18. The molecular weight excluding hydrogens is 202 g/mol. The van der Waals surface area contributed by atoms with Gasteiger partial charge in [0.05, 0.1) is 6.61 Å². The predicted octanol–water partition coefficient (Wildman–Crippen LogP) is 2.58. The highest BCUT2D eigenvalue weighted by atomic mass is 16.5. The van der Waals surface area contributed by atoms with Crippen LogP contribution in [0.15, 0.2) is 10.5 Å². The molecule has 2 rings (SSSR count). The van der Waals surface area contributed by atoms with Crippen molar-refractivity contribution in [3.05, 3.63) is 23.2 Å². The van der Waals surface area contributed by atoms with Crippen molar-refractivity contribution >= 4 is 0 Å². The SMILES string of the molecule is Cc1cc(C(C)NCC2CCOC2)c(C)o1. The zero-order valence-electron chi connectivity index (χ0n) is 10.4. The van der Waals surface area contributed by atoms with Gasteiger partial charge in [0, 0.05) is 24.8 Å². The average molecular weight is 223 g/mol. The maximum Gasteiger partial charge on any atom is 0.105 e. The Balaban J connectivity index is 1.87. The van der Waals surface area contributed by atoms with Crippen LogP contribution < -0.4 is 5.32 Å². The second kappa shape index (κ2) is 5.02. The Bertz CT molecular complexity index is 340. The van der Waals surface area contributed by atoms with Crippen molar-refractivity contribution in [2.75, 3.05) is 19.8 Å². The number of furan rings is 1. The number of hydrogen-bond acceptors (Lipinski definition) is 3. The monoisotopic (exact) mass is 223 g/mol. The van der Waals surface area contributed by atoms with Gasteiger partial charge in [0.25, 0.3) is 0 Å². The largest absolute Gasteiger partial charge is 0.466 e. The maximum atomic E-state index is 5.54. The van der Waals surface area contributed by atoms with Crippen LogP contribution in [0.1, 0.15) is 36.5 Å². The van der Waals surface area contributed by atoms with Gasteiger partial charge in [0.15, 0.2) is 0 Å². The molecule has 1 aliphatic rings. The van der Waals surface area contributed by atoms with Crippen molar-refractivity contribution in [3.63, 3.8) is 0 Å². The standard InChI is InChI=1S/C13H21NO2/c1-9-6-13(11(3)16-9)10(2)14-7-12-4-5-15-8-12/h6,10,12,14H,4-5,7-8H2,1-3H3. The molecule has 1 aromatic rings. The van der Waals surface area contributed by atoms with Crippen molar-refractivity contribution in [2.45, 2.75) is 33.2 Å². The Morgan fingerprint density at radius 3 is 2.88 bits per heavy atom. The molecule has 3 nitrogen and oxygen atoms in total. The molecule has 1 N–H and O–H groups in total. The summed E-state index contributed by atoms with van der Waals surface area (Å²) < 4.78 is 10.9. The normalized spacial score (nSPS) is 22.6. The van der Waals surface area contributed by atoms with Gasteiger partial charge in [0.1, 0.15) is 11.5 Å². The fraction of sp³-hybridized carbons (Fsp3) is 0.692. The first-order valence-corrected chi connectivity index (χ1v) is 6.05. The molecule has 0 spiro atoms. The molecule has 1 saturated heterocycles. The van der Waals surface area contributed by atoms with Gasteiger partial charge in [-0.05, 0) is 39.2 Å². The summed E-state index contributed by atoms with van der Waals surface area (Å²) in [5.41, 5.74) is 1.27. The summed E-state index contributed by atoms with van der Waals surface area (Å²) in [6.07, 6.45) is 1.18. The second-order valence-electron chi connectivity index (χ2n) is 4.73. The lowest BCUT2D eigenvalue weighted by molar-refractivity contribution is 0.184. The maximum absolute atomic E-state index is 5.54. The Labute approximate surface area is 97.2 Å². The lowest BCUT2D eigenvalue weighted by atomic mass is 10.1. The van der Waals surface area contributed by atoms with Crippen molar-refractivity contribution in [2.24, 2.45) is 5.92 Å². The zero-order valence-corrected chi connectivity index (χ0v) is 10.4. The molecule has 0 bridgehead atoms. The third kappa shape index (κ3) is 2.66. The molecule has 16 heavy (non-hydrogen) atoms. The summed E-state index contributed by atoms with van der Waals surface area (Å²) in [7, 11) is 0. The fourth-order valence-corrected chi connectivity index (χ4v) is 2.28. The van der Waals surface area contributed by atoms with Gasteiger partial charge in [-0.3, -0.25) is 0 Å². The van der Waals surface area contributed by atoms with E-state index in [0.29, 0.717) is 12.0 Å². The van der Waals surface area contributed by atoms with Crippen LogP contribution in [0.2, 0.25) is 0 Å². The Kier molecular flexibility index (Phi) is 3.66. The summed E-state index contributed by atoms with van der Waals surface area (Å²) in [6, 6.07) is 2.48. The lowest BCUT2D eigenvalue weighted by Crippen LogP contribution is -2.26. The van der Waals surface area contributed by atoms with Crippen LogP contribution in [-0.2, 0) is 4.74 Å². The number of aryl methyl sites for hydroxylation is 2. The van der Waals surface area contributed by atoms with E-state index in [-0.39, 0.29) is 0 Å². The van der Waals surface area contributed by atoms with E-state index in [9.17, 15) is 0 Å². The van der Waals surface area contributed by atoms with Gasteiger partial charge in [-0.2, -0.15) is 0 Å². The topological polar surface area (TPSA) is 34.4 Å². The fourth-order valence-electron chi connectivity index (χ4n) is 2.28. The Morgan fingerprint density at radius 2 is 2.31 bits per heavy atom. The molecular formula is C13H21NO2. The van der Waals surface area contributed by atoms with E-state index >= 15 is 0 Å². The number of nitrogens with one attached hydrogen (secondary N) is 1. The van der Waals surface area contributed by atoms with Gasteiger partial charge >= 0.3 is 0 Å². The van der Waals surface area contributed by atoms with E-state index in [2.05, 4.69) is 18.3 Å². The zero-order chi connectivity index (χ0) is 11.5. The van der Waals surface area contributed by atoms with E-state index < -0.39 is 0 Å². The van der Waals surface area contributed by atoms with Crippen LogP contribution in [0, 0.1) is 19.8 Å². The van der Waals surface area contributed by atoms with Crippen molar-refractivity contribution in [1.29, 1.82) is 0 Å². The molecule has 2 atom stereocenters. The average Bonchev–Trinajstić information content (AvgIpc) is 2.84. The second-order valence-corrected chi connectivity index (χ2v) is 4.73. The van der Waals surface area contributed by atoms with Crippen LogP contribution in [0.25, 0.3) is 0 Å². The van der Waals surface area contributed by atoms with E-state index in [1.165, 1.54) is 12.0 Å². The Morgan fingerprint density at radius 1 is 1.50 bits per heavy atom. The predicted molar refractivity (Wildman–Crippen MR) is 63.5 cm³/mol. The summed E-state index contributed by atoms with van der Waals surface area (Å²) >= 11 is 0. The molecule has 0 radical (unpaired) electrons. The summed E-state index contributed by atoms with van der Waals surface area (Å²) in [4.78, 5) is 0. The Hall–Kier alpha value is -0.800. The van der Waals surface area contributed by atoms with Crippen molar-refractivity contribution < 1.29 is 9.15 Å². The minimum absolute atomic E-state index is 0.359. The number of rotatable bonds is 4. The van der Waals surface area contributed by atoms with Gasteiger partial charge in [-0.15, -0.1) is 0 Å². The van der Waals surface area contributed by atoms with Crippen molar-refractivity contribution in [1.82, 2.24) is 5.32 Å². The van der Waals surface area contributed by atoms with E-state index in [1.807, 2.05) is 13.8 Å². The molecule has 1 aliphatic heterocycles. The molecule has 2 heterocycles. The third-order valence-corrected chi connectivity index (χ3v) is 3.28. The first-order valence-electron chi connectivity index (χ1n) is 6.05. The van der Waals surface area contributed by atoms with E-state index in [4.69, 9.17) is 9.15 Å². The molecule has 1 fully saturated rings. The minimum Gasteiger partial charge on any atom is -0.466 e. The van der Waals surface area contributed by atoms with E-state index in [0.717, 1.165) is 31.3 Å². The first kappa shape index (κ1) is 11.7. The molecule has 0 aromatic carbocycles. The van der Waals surface area contributed by atoms with Crippen LogP contribution in [0.5, 0.6) is 0 Å². The molecule has 0 aliphatic carbocycles. The lowest BCUT2D eigenvalue weighted by Gasteiger charge is -2.15. The minimum atomic E-state index is 0.359. The van der Waals surface area contributed by atoms with Gasteiger partial charge in [-0.25, -0.2) is 0 Å². The number of hydrogen-bond donors (Lipinski definition) is 1. The van der Waals surface area contributed by atoms with Crippen LogP contribution >= 0.6 is 0 Å². The third-order valence-electron chi connectivity index (χ3n) is 3.28. The van der Waals surface area contributed by atoms with Crippen LogP contribution in [0.3, 0.4) is 0 Å². The van der Waals surface area contributed by atoms with Gasteiger partial charge in [-0.1, -0.05) is 0 Å². The van der Waals surface area contributed by atoms with E-state index in [1.54, 1.807) is 0 Å². The highest BCUT2D eigenvalue weighted by Crippen LogP contribution is 2.21.